The molecule has 2 aliphatic heterocycles. The molecule has 2 amide bonds. The van der Waals surface area contributed by atoms with E-state index in [1.807, 2.05) is 4.90 Å². The number of carbonyl (C=O) groups excluding carboxylic acids is 2. The van der Waals surface area contributed by atoms with E-state index in [2.05, 4.69) is 10.6 Å². The third-order valence-electron chi connectivity index (χ3n) is 4.57. The second-order valence-corrected chi connectivity index (χ2v) is 8.25. The second kappa shape index (κ2) is 8.03. The molecule has 160 valence electrons. The van der Waals surface area contributed by atoms with Crippen LogP contribution < -0.4 is 26.2 Å². The van der Waals surface area contributed by atoms with Crippen LogP contribution in [0.4, 0.5) is 25.4 Å². The zero-order chi connectivity index (χ0) is 21.2. The summed E-state index contributed by atoms with van der Waals surface area (Å²) in [6.45, 7) is 8.05. The van der Waals surface area contributed by atoms with Crippen molar-refractivity contribution in [1.82, 2.24) is 10.6 Å². The van der Waals surface area contributed by atoms with Gasteiger partial charge in [0.1, 0.15) is 11.4 Å². The van der Waals surface area contributed by atoms with E-state index in [1.54, 1.807) is 32.9 Å². The van der Waals surface area contributed by atoms with E-state index in [-0.39, 0.29) is 13.1 Å². The SMILES string of the molecule is CC(C)(C)OC(=O)NCC1(N)CN(c2ccc(N3CCNCC3)c(F)c2)C(=O)O1. The number of nitrogens with zero attached hydrogens (tertiary/aromatic N) is 2. The van der Waals surface area contributed by atoms with E-state index in [9.17, 15) is 14.0 Å². The fraction of sp³-hybridized carbons (Fsp3) is 0.579. The minimum absolute atomic E-state index is 0.0337. The third kappa shape index (κ3) is 5.27. The Morgan fingerprint density at radius 2 is 2.07 bits per heavy atom. The molecule has 29 heavy (non-hydrogen) atoms. The summed E-state index contributed by atoms with van der Waals surface area (Å²) in [6, 6.07) is 4.61. The van der Waals surface area contributed by atoms with Gasteiger partial charge in [0.2, 0.25) is 0 Å². The molecule has 10 heteroatoms. The average Bonchev–Trinajstić information content (AvgIpc) is 2.94. The molecule has 1 aromatic carbocycles. The van der Waals surface area contributed by atoms with Gasteiger partial charge in [-0.25, -0.2) is 14.0 Å². The number of halogens is 1. The van der Waals surface area contributed by atoms with Gasteiger partial charge in [0.25, 0.3) is 0 Å². The van der Waals surface area contributed by atoms with Crippen molar-refractivity contribution in [3.63, 3.8) is 0 Å². The Morgan fingerprint density at radius 3 is 2.69 bits per heavy atom. The van der Waals surface area contributed by atoms with Crippen LogP contribution in [0.5, 0.6) is 0 Å². The van der Waals surface area contributed by atoms with Crippen molar-refractivity contribution >= 4 is 23.6 Å². The third-order valence-corrected chi connectivity index (χ3v) is 4.57. The lowest BCUT2D eigenvalue weighted by Gasteiger charge is -2.30. The number of hydrogen-bond acceptors (Lipinski definition) is 7. The molecule has 1 atom stereocenters. The summed E-state index contributed by atoms with van der Waals surface area (Å²) in [4.78, 5) is 27.3. The first kappa shape index (κ1) is 21.1. The van der Waals surface area contributed by atoms with Gasteiger partial charge in [0.05, 0.1) is 24.5 Å². The van der Waals surface area contributed by atoms with Crippen LogP contribution in [-0.2, 0) is 9.47 Å². The van der Waals surface area contributed by atoms with E-state index >= 15 is 0 Å². The molecule has 0 bridgehead atoms. The summed E-state index contributed by atoms with van der Waals surface area (Å²) < 4.78 is 25.1. The first-order valence-electron chi connectivity index (χ1n) is 9.58. The minimum Gasteiger partial charge on any atom is -0.444 e. The molecule has 1 unspecified atom stereocenters. The molecule has 0 spiro atoms. The number of benzene rings is 1. The van der Waals surface area contributed by atoms with Gasteiger partial charge in [0, 0.05) is 26.2 Å². The lowest BCUT2D eigenvalue weighted by atomic mass is 10.2. The number of piperazine rings is 1. The molecule has 1 aromatic rings. The van der Waals surface area contributed by atoms with Crippen LogP contribution in [0.3, 0.4) is 0 Å². The number of amides is 2. The molecule has 2 saturated heterocycles. The molecule has 0 saturated carbocycles. The predicted molar refractivity (Wildman–Crippen MR) is 106 cm³/mol. The van der Waals surface area contributed by atoms with Crippen molar-refractivity contribution in [3.05, 3.63) is 24.0 Å². The first-order chi connectivity index (χ1) is 13.6. The zero-order valence-electron chi connectivity index (χ0n) is 17.0. The van der Waals surface area contributed by atoms with Gasteiger partial charge >= 0.3 is 12.2 Å². The van der Waals surface area contributed by atoms with Crippen molar-refractivity contribution in [1.29, 1.82) is 0 Å². The van der Waals surface area contributed by atoms with E-state index in [0.29, 0.717) is 24.5 Å². The van der Waals surface area contributed by atoms with Gasteiger partial charge in [-0.3, -0.25) is 10.6 Å². The normalized spacial score (nSPS) is 22.4. The fourth-order valence-electron chi connectivity index (χ4n) is 3.24. The molecule has 0 aliphatic carbocycles. The van der Waals surface area contributed by atoms with Crippen LogP contribution in [-0.4, -0.2) is 62.8 Å². The molecule has 3 rings (SSSR count). The van der Waals surface area contributed by atoms with Gasteiger partial charge in [-0.15, -0.1) is 0 Å². The van der Waals surface area contributed by atoms with E-state index in [0.717, 1.165) is 13.1 Å². The largest absolute Gasteiger partial charge is 0.444 e. The monoisotopic (exact) mass is 409 g/mol. The summed E-state index contributed by atoms with van der Waals surface area (Å²) in [7, 11) is 0. The summed E-state index contributed by atoms with van der Waals surface area (Å²) in [5, 5.41) is 5.72. The number of cyclic esters (lactones) is 1. The van der Waals surface area contributed by atoms with Gasteiger partial charge < -0.3 is 25.0 Å². The topological polar surface area (TPSA) is 109 Å². The number of rotatable bonds is 4. The summed E-state index contributed by atoms with van der Waals surface area (Å²) >= 11 is 0. The molecule has 2 fully saturated rings. The smallest absolute Gasteiger partial charge is 0.416 e. The summed E-state index contributed by atoms with van der Waals surface area (Å²) in [5.41, 5.74) is 4.85. The summed E-state index contributed by atoms with van der Waals surface area (Å²) in [5.74, 6) is -0.418. The Kier molecular flexibility index (Phi) is 5.85. The Labute approximate surface area is 169 Å². The van der Waals surface area contributed by atoms with Crippen LogP contribution in [0.15, 0.2) is 18.2 Å². The average molecular weight is 409 g/mol. The lowest BCUT2D eigenvalue weighted by molar-refractivity contribution is 0.0359. The Hall–Kier alpha value is -2.59. The van der Waals surface area contributed by atoms with Gasteiger partial charge in [0.15, 0.2) is 5.72 Å². The van der Waals surface area contributed by atoms with E-state index < -0.39 is 29.3 Å². The Bertz CT molecular complexity index is 778. The van der Waals surface area contributed by atoms with Crippen LogP contribution in [0.1, 0.15) is 20.8 Å². The number of hydrogen-bond donors (Lipinski definition) is 3. The Morgan fingerprint density at radius 1 is 1.38 bits per heavy atom. The minimum atomic E-state index is -1.44. The number of nitrogens with two attached hydrogens (primary N) is 1. The standard InChI is InChI=1S/C19H28FN5O4/c1-18(2,3)28-16(26)23-11-19(21)12-25(17(27)29-19)13-4-5-15(14(20)10-13)24-8-6-22-7-9-24/h4-5,10,22H,6-9,11-12,21H2,1-3H3,(H,23,26). The molecule has 2 heterocycles. The maximum Gasteiger partial charge on any atom is 0.416 e. The van der Waals surface area contributed by atoms with E-state index in [4.69, 9.17) is 15.2 Å². The van der Waals surface area contributed by atoms with Crippen molar-refractivity contribution in [2.75, 3.05) is 49.1 Å². The molecule has 9 nitrogen and oxygen atoms in total. The van der Waals surface area contributed by atoms with Crippen molar-refractivity contribution in [2.45, 2.75) is 32.1 Å². The number of nitrogens with one attached hydrogen (secondary N) is 2. The Balaban J connectivity index is 1.65. The van der Waals surface area contributed by atoms with Crippen LogP contribution in [0.2, 0.25) is 0 Å². The van der Waals surface area contributed by atoms with Crippen LogP contribution >= 0.6 is 0 Å². The molecule has 2 aliphatic rings. The molecule has 0 radical (unpaired) electrons. The number of anilines is 2. The first-order valence-corrected chi connectivity index (χ1v) is 9.58. The van der Waals surface area contributed by atoms with Crippen LogP contribution in [0, 0.1) is 5.82 Å². The van der Waals surface area contributed by atoms with Crippen LogP contribution in [0.25, 0.3) is 0 Å². The lowest BCUT2D eigenvalue weighted by Crippen LogP contribution is -2.53. The maximum absolute atomic E-state index is 14.7. The highest BCUT2D eigenvalue weighted by Crippen LogP contribution is 2.29. The highest BCUT2D eigenvalue weighted by molar-refractivity contribution is 5.90. The van der Waals surface area contributed by atoms with Gasteiger partial charge in [-0.2, -0.15) is 0 Å². The van der Waals surface area contributed by atoms with Gasteiger partial charge in [-0.05, 0) is 39.0 Å². The summed E-state index contributed by atoms with van der Waals surface area (Å²) in [6.07, 6.45) is -1.36. The maximum atomic E-state index is 14.7. The quantitative estimate of drug-likeness (QED) is 0.689. The van der Waals surface area contributed by atoms with Crippen molar-refractivity contribution < 1.29 is 23.5 Å². The highest BCUT2D eigenvalue weighted by atomic mass is 19.1. The number of ether oxygens (including phenoxy) is 2. The highest BCUT2D eigenvalue weighted by Gasteiger charge is 2.43. The van der Waals surface area contributed by atoms with Crippen molar-refractivity contribution in [2.24, 2.45) is 5.73 Å². The molecular weight excluding hydrogens is 381 g/mol. The number of alkyl carbamates (subject to hydrolysis) is 1. The fourth-order valence-corrected chi connectivity index (χ4v) is 3.24. The molecular formula is C19H28FN5O4. The predicted octanol–water partition coefficient (Wildman–Crippen LogP) is 1.37. The van der Waals surface area contributed by atoms with E-state index in [1.165, 1.54) is 11.0 Å². The molecule has 0 aromatic heterocycles. The zero-order valence-corrected chi connectivity index (χ0v) is 17.0. The molecule has 4 N–H and O–H groups in total. The second-order valence-electron chi connectivity index (χ2n) is 8.25. The number of carbonyl (C=O) groups is 2. The van der Waals surface area contributed by atoms with Crippen molar-refractivity contribution in [3.8, 4) is 0 Å². The van der Waals surface area contributed by atoms with Gasteiger partial charge in [-0.1, -0.05) is 0 Å².